The van der Waals surface area contributed by atoms with E-state index in [1.165, 1.54) is 22.7 Å². The lowest BCUT2D eigenvalue weighted by Crippen LogP contribution is -2.31. The van der Waals surface area contributed by atoms with Crippen LogP contribution in [0.5, 0.6) is 11.5 Å². The Hall–Kier alpha value is -3.70. The third-order valence-electron chi connectivity index (χ3n) is 6.51. The van der Waals surface area contributed by atoms with Gasteiger partial charge in [0.05, 0.1) is 6.42 Å². The summed E-state index contributed by atoms with van der Waals surface area (Å²) in [6, 6.07) is 15.4. The Labute approximate surface area is 227 Å². The van der Waals surface area contributed by atoms with Gasteiger partial charge >= 0.3 is 0 Å². The largest absolute Gasteiger partial charge is 0.482 e. The van der Waals surface area contributed by atoms with Crippen molar-refractivity contribution in [2.45, 2.75) is 57.2 Å². The molecule has 11 heteroatoms. The molecule has 0 fully saturated rings. The molecule has 0 spiro atoms. The van der Waals surface area contributed by atoms with Crippen LogP contribution in [0, 0.1) is 0 Å². The van der Waals surface area contributed by atoms with Gasteiger partial charge in [0.25, 0.3) is 5.91 Å². The molecule has 2 aliphatic heterocycles. The Morgan fingerprint density at radius 2 is 1.34 bits per heavy atom. The second kappa shape index (κ2) is 11.0. The second-order valence-electron chi connectivity index (χ2n) is 9.27. The van der Waals surface area contributed by atoms with Crippen molar-refractivity contribution in [1.82, 2.24) is 20.4 Å². The molecule has 4 aromatic rings. The standard InChI is InChI=1S/C27H25N5O4S2/c33-18(21-13-16-7-1-3-9-19(16)35-21)15-25-31-29-23(37-25)11-5-6-12-24-30-32-27(38-24)28-26(34)22-14-17-8-2-4-10-20(17)36-22/h1-4,7-10,21-22H,5-6,11-15H2,(H,28,32,34). The summed E-state index contributed by atoms with van der Waals surface area (Å²) in [5.41, 5.74) is 2.11. The Kier molecular flexibility index (Phi) is 7.10. The average Bonchev–Trinajstić information content (AvgIpc) is 3.72. The smallest absolute Gasteiger partial charge is 0.267 e. The summed E-state index contributed by atoms with van der Waals surface area (Å²) in [6.07, 6.45) is 3.80. The van der Waals surface area contributed by atoms with Crippen LogP contribution in [0.1, 0.15) is 39.0 Å². The van der Waals surface area contributed by atoms with Gasteiger partial charge in [-0.15, -0.1) is 31.7 Å². The number of unbranched alkanes of at least 4 members (excludes halogenated alkanes) is 1. The highest BCUT2D eigenvalue weighted by Gasteiger charge is 2.30. The fourth-order valence-corrected chi connectivity index (χ4v) is 6.24. The van der Waals surface area contributed by atoms with Crippen LogP contribution in [0.25, 0.3) is 0 Å². The Morgan fingerprint density at radius 1 is 0.763 bits per heavy atom. The fourth-order valence-electron chi connectivity index (χ4n) is 4.56. The highest BCUT2D eigenvalue weighted by Crippen LogP contribution is 2.30. The van der Waals surface area contributed by atoms with Crippen molar-refractivity contribution in [3.05, 3.63) is 74.7 Å². The van der Waals surface area contributed by atoms with Gasteiger partial charge in [0.2, 0.25) is 5.13 Å². The van der Waals surface area contributed by atoms with Gasteiger partial charge in [0, 0.05) is 25.7 Å². The van der Waals surface area contributed by atoms with Crippen molar-refractivity contribution in [1.29, 1.82) is 0 Å². The molecule has 2 atom stereocenters. The molecule has 0 bridgehead atoms. The summed E-state index contributed by atoms with van der Waals surface area (Å²) in [4.78, 5) is 25.2. The molecule has 1 amide bonds. The predicted molar refractivity (Wildman–Crippen MR) is 143 cm³/mol. The van der Waals surface area contributed by atoms with Crippen LogP contribution in [0.4, 0.5) is 5.13 Å². The van der Waals surface area contributed by atoms with E-state index in [1.807, 2.05) is 48.5 Å². The number of amides is 1. The normalized spacial score (nSPS) is 17.4. The van der Waals surface area contributed by atoms with Gasteiger partial charge in [-0.05, 0) is 36.1 Å². The number of benzene rings is 2. The van der Waals surface area contributed by atoms with Gasteiger partial charge in [0.1, 0.15) is 26.5 Å². The number of para-hydroxylation sites is 2. The molecule has 4 heterocycles. The third-order valence-corrected chi connectivity index (χ3v) is 8.39. The average molecular weight is 548 g/mol. The number of Topliss-reactive ketones (excluding diaryl/α,β-unsaturated/α-hetero) is 1. The maximum absolute atomic E-state index is 12.7. The zero-order valence-corrected chi connectivity index (χ0v) is 22.1. The molecule has 0 aliphatic carbocycles. The lowest BCUT2D eigenvalue weighted by atomic mass is 10.1. The van der Waals surface area contributed by atoms with Gasteiger partial charge in [-0.2, -0.15) is 0 Å². The lowest BCUT2D eigenvalue weighted by Gasteiger charge is -2.08. The Bertz CT molecular complexity index is 1310. The number of carbonyl (C=O) groups excluding carboxylic acids is 2. The number of fused-ring (bicyclic) bond motifs is 2. The van der Waals surface area contributed by atoms with E-state index in [1.54, 1.807) is 0 Å². The number of aryl methyl sites for hydroxylation is 2. The molecule has 2 aromatic heterocycles. The summed E-state index contributed by atoms with van der Waals surface area (Å²) in [5.74, 6) is 1.38. The molecule has 194 valence electrons. The van der Waals surface area contributed by atoms with Crippen LogP contribution in [0.2, 0.25) is 0 Å². The highest BCUT2D eigenvalue weighted by atomic mass is 32.1. The maximum atomic E-state index is 12.7. The SMILES string of the molecule is O=C(Cc1nnc(CCCCc2nnc(NC(=O)C3Cc4ccccc4O3)s2)s1)C1Cc2ccccc2O1. The van der Waals surface area contributed by atoms with E-state index >= 15 is 0 Å². The van der Waals surface area contributed by atoms with E-state index in [-0.39, 0.29) is 18.1 Å². The van der Waals surface area contributed by atoms with E-state index in [9.17, 15) is 9.59 Å². The minimum absolute atomic E-state index is 0.0343. The van der Waals surface area contributed by atoms with E-state index in [2.05, 4.69) is 25.7 Å². The van der Waals surface area contributed by atoms with Gasteiger partial charge < -0.3 is 9.47 Å². The quantitative estimate of drug-likeness (QED) is 0.296. The second-order valence-corrected chi connectivity index (χ2v) is 11.5. The maximum Gasteiger partial charge on any atom is 0.267 e. The molecule has 2 aromatic carbocycles. The number of hydrogen-bond acceptors (Lipinski definition) is 10. The number of carbonyl (C=O) groups is 2. The van der Waals surface area contributed by atoms with Crippen LogP contribution in [-0.4, -0.2) is 44.3 Å². The first-order chi connectivity index (χ1) is 18.6. The van der Waals surface area contributed by atoms with Crippen LogP contribution in [-0.2, 0) is 41.7 Å². The summed E-state index contributed by atoms with van der Waals surface area (Å²) >= 11 is 2.87. The van der Waals surface area contributed by atoms with Crippen LogP contribution in [0.3, 0.4) is 0 Å². The van der Waals surface area contributed by atoms with E-state index in [4.69, 9.17) is 9.47 Å². The summed E-state index contributed by atoms with van der Waals surface area (Å²) in [7, 11) is 0. The highest BCUT2D eigenvalue weighted by molar-refractivity contribution is 7.15. The first kappa shape index (κ1) is 24.6. The van der Waals surface area contributed by atoms with E-state index in [0.29, 0.717) is 18.0 Å². The first-order valence-electron chi connectivity index (χ1n) is 12.6. The van der Waals surface area contributed by atoms with Crippen molar-refractivity contribution in [2.75, 3.05) is 5.32 Å². The molecular weight excluding hydrogens is 522 g/mol. The number of ketones is 1. The van der Waals surface area contributed by atoms with Crippen molar-refractivity contribution in [3.8, 4) is 11.5 Å². The Morgan fingerprint density at radius 3 is 2.05 bits per heavy atom. The monoisotopic (exact) mass is 547 g/mol. The number of ether oxygens (including phenoxy) is 2. The van der Waals surface area contributed by atoms with Crippen molar-refractivity contribution in [3.63, 3.8) is 0 Å². The molecule has 2 aliphatic rings. The molecule has 38 heavy (non-hydrogen) atoms. The number of anilines is 1. The summed E-state index contributed by atoms with van der Waals surface area (Å²) in [6.45, 7) is 0. The van der Waals surface area contributed by atoms with Crippen molar-refractivity contribution < 1.29 is 19.1 Å². The number of nitrogens with one attached hydrogen (secondary N) is 1. The third kappa shape index (κ3) is 5.58. The number of rotatable bonds is 10. The number of aromatic nitrogens is 4. The number of nitrogens with zero attached hydrogens (tertiary/aromatic N) is 4. The molecule has 0 saturated heterocycles. The molecule has 9 nitrogen and oxygen atoms in total. The van der Waals surface area contributed by atoms with E-state index in [0.717, 1.165) is 63.3 Å². The van der Waals surface area contributed by atoms with Crippen molar-refractivity contribution >= 4 is 39.5 Å². The molecule has 0 radical (unpaired) electrons. The van der Waals surface area contributed by atoms with Gasteiger partial charge in [-0.1, -0.05) is 47.7 Å². The van der Waals surface area contributed by atoms with Gasteiger partial charge in [-0.25, -0.2) is 0 Å². The number of hydrogen-bond donors (Lipinski definition) is 1. The van der Waals surface area contributed by atoms with Crippen LogP contribution >= 0.6 is 22.7 Å². The molecule has 1 N–H and O–H groups in total. The minimum Gasteiger partial charge on any atom is -0.482 e. The first-order valence-corrected chi connectivity index (χ1v) is 14.2. The van der Waals surface area contributed by atoms with Crippen LogP contribution < -0.4 is 14.8 Å². The molecule has 6 rings (SSSR count). The molecule has 0 saturated carbocycles. The van der Waals surface area contributed by atoms with Gasteiger partial charge in [-0.3, -0.25) is 14.9 Å². The predicted octanol–water partition coefficient (Wildman–Crippen LogP) is 4.01. The summed E-state index contributed by atoms with van der Waals surface area (Å²) in [5, 5.41) is 22.6. The van der Waals surface area contributed by atoms with Crippen LogP contribution in [0.15, 0.2) is 48.5 Å². The fraction of sp³-hybridized carbons (Fsp3) is 0.333. The Balaban J connectivity index is 0.913. The summed E-state index contributed by atoms with van der Waals surface area (Å²) < 4.78 is 11.5. The van der Waals surface area contributed by atoms with E-state index < -0.39 is 12.2 Å². The topological polar surface area (TPSA) is 116 Å². The minimum atomic E-state index is -0.547. The zero-order chi connectivity index (χ0) is 25.9. The zero-order valence-electron chi connectivity index (χ0n) is 20.5. The van der Waals surface area contributed by atoms with Gasteiger partial charge in [0.15, 0.2) is 18.0 Å². The molecule has 2 unspecified atom stereocenters. The molecular formula is C27H25N5O4S2. The van der Waals surface area contributed by atoms with Crippen molar-refractivity contribution in [2.24, 2.45) is 0 Å². The lowest BCUT2D eigenvalue weighted by molar-refractivity contribution is -0.124.